The number of carboxylic acids is 1. The predicted octanol–water partition coefficient (Wildman–Crippen LogP) is 1.29. The standard InChI is InChI=1S/C15H22N2O3/c1-10(15(19)20)11(2)17-14(18)13-7-5-4-6-12(13)8-9-16-3/h4-7,10-11,16H,8-9H2,1-3H3,(H,17,18)(H,19,20). The maximum Gasteiger partial charge on any atom is 0.308 e. The second-order valence-electron chi connectivity index (χ2n) is 4.90. The number of rotatable bonds is 7. The molecule has 2 atom stereocenters. The van der Waals surface area contributed by atoms with Crippen LogP contribution < -0.4 is 10.6 Å². The molecule has 0 heterocycles. The topological polar surface area (TPSA) is 78.4 Å². The van der Waals surface area contributed by atoms with E-state index in [-0.39, 0.29) is 5.91 Å². The van der Waals surface area contributed by atoms with E-state index in [1.54, 1.807) is 19.9 Å². The number of aliphatic carboxylic acids is 1. The molecule has 5 heteroatoms. The first-order valence-electron chi connectivity index (χ1n) is 6.73. The molecule has 0 spiro atoms. The van der Waals surface area contributed by atoms with Crippen LogP contribution in [0.5, 0.6) is 0 Å². The summed E-state index contributed by atoms with van der Waals surface area (Å²) < 4.78 is 0. The van der Waals surface area contributed by atoms with Gasteiger partial charge in [0, 0.05) is 11.6 Å². The Kier molecular flexibility index (Phi) is 6.18. The van der Waals surface area contributed by atoms with E-state index in [0.717, 1.165) is 18.5 Å². The number of nitrogens with one attached hydrogen (secondary N) is 2. The van der Waals surface area contributed by atoms with Crippen LogP contribution in [0.2, 0.25) is 0 Å². The maximum atomic E-state index is 12.2. The zero-order valence-electron chi connectivity index (χ0n) is 12.1. The molecule has 2 unspecified atom stereocenters. The molecule has 0 aromatic heterocycles. The van der Waals surface area contributed by atoms with E-state index in [2.05, 4.69) is 10.6 Å². The van der Waals surface area contributed by atoms with E-state index >= 15 is 0 Å². The average Bonchev–Trinajstić information content (AvgIpc) is 2.44. The summed E-state index contributed by atoms with van der Waals surface area (Å²) in [6.45, 7) is 4.07. The van der Waals surface area contributed by atoms with Crippen molar-refractivity contribution < 1.29 is 14.7 Å². The number of carbonyl (C=O) groups is 2. The van der Waals surface area contributed by atoms with E-state index < -0.39 is 17.9 Å². The molecular weight excluding hydrogens is 256 g/mol. The zero-order chi connectivity index (χ0) is 15.1. The van der Waals surface area contributed by atoms with E-state index in [9.17, 15) is 9.59 Å². The molecule has 0 saturated carbocycles. The fourth-order valence-electron chi connectivity index (χ4n) is 1.84. The largest absolute Gasteiger partial charge is 0.481 e. The quantitative estimate of drug-likeness (QED) is 0.702. The third-order valence-electron chi connectivity index (χ3n) is 3.40. The first-order chi connectivity index (χ1) is 9.47. The molecule has 0 aliphatic heterocycles. The molecule has 0 radical (unpaired) electrons. The van der Waals surface area contributed by atoms with E-state index in [0.29, 0.717) is 5.56 Å². The van der Waals surface area contributed by atoms with Gasteiger partial charge in [-0.15, -0.1) is 0 Å². The van der Waals surface area contributed by atoms with E-state index in [1.807, 2.05) is 25.2 Å². The lowest BCUT2D eigenvalue weighted by atomic mass is 10.0. The summed E-state index contributed by atoms with van der Waals surface area (Å²) in [4.78, 5) is 23.1. The summed E-state index contributed by atoms with van der Waals surface area (Å²) in [6.07, 6.45) is 0.753. The minimum absolute atomic E-state index is 0.225. The minimum Gasteiger partial charge on any atom is -0.481 e. The molecule has 1 rings (SSSR count). The van der Waals surface area contributed by atoms with Crippen molar-refractivity contribution in [1.29, 1.82) is 0 Å². The first kappa shape index (κ1) is 16.2. The number of benzene rings is 1. The van der Waals surface area contributed by atoms with Crippen LogP contribution in [-0.4, -0.2) is 36.6 Å². The number of carboxylic acid groups (broad SMARTS) is 1. The molecule has 110 valence electrons. The molecule has 0 aliphatic carbocycles. The van der Waals surface area contributed by atoms with Crippen LogP contribution in [0.15, 0.2) is 24.3 Å². The lowest BCUT2D eigenvalue weighted by molar-refractivity contribution is -0.141. The number of amides is 1. The maximum absolute atomic E-state index is 12.2. The van der Waals surface area contributed by atoms with Crippen molar-refractivity contribution in [2.45, 2.75) is 26.3 Å². The Morgan fingerprint density at radius 1 is 1.25 bits per heavy atom. The van der Waals surface area contributed by atoms with Gasteiger partial charge in [0.25, 0.3) is 5.91 Å². The summed E-state index contributed by atoms with van der Waals surface area (Å²) >= 11 is 0. The highest BCUT2D eigenvalue weighted by Crippen LogP contribution is 2.11. The van der Waals surface area contributed by atoms with Crippen LogP contribution in [0.4, 0.5) is 0 Å². The van der Waals surface area contributed by atoms with Gasteiger partial charge >= 0.3 is 5.97 Å². The van der Waals surface area contributed by atoms with Crippen molar-refractivity contribution in [2.75, 3.05) is 13.6 Å². The van der Waals surface area contributed by atoms with E-state index in [1.165, 1.54) is 0 Å². The van der Waals surface area contributed by atoms with Gasteiger partial charge in [0.15, 0.2) is 0 Å². The Balaban J connectivity index is 2.79. The Bertz CT molecular complexity index is 474. The van der Waals surface area contributed by atoms with Crippen molar-refractivity contribution in [3.05, 3.63) is 35.4 Å². The van der Waals surface area contributed by atoms with Gasteiger partial charge in [0.05, 0.1) is 5.92 Å². The lowest BCUT2D eigenvalue weighted by Crippen LogP contribution is -2.40. The SMILES string of the molecule is CNCCc1ccccc1C(=O)NC(C)C(C)C(=O)O. The fourth-order valence-corrected chi connectivity index (χ4v) is 1.84. The summed E-state index contributed by atoms with van der Waals surface area (Å²) in [5.41, 5.74) is 1.56. The highest BCUT2D eigenvalue weighted by molar-refractivity contribution is 5.96. The van der Waals surface area contributed by atoms with Gasteiger partial charge in [0.1, 0.15) is 0 Å². The smallest absolute Gasteiger partial charge is 0.308 e. The highest BCUT2D eigenvalue weighted by Gasteiger charge is 2.22. The summed E-state index contributed by atoms with van der Waals surface area (Å²) in [6, 6.07) is 6.96. The molecule has 0 fully saturated rings. The monoisotopic (exact) mass is 278 g/mol. The highest BCUT2D eigenvalue weighted by atomic mass is 16.4. The van der Waals surface area contributed by atoms with Crippen LogP contribution >= 0.6 is 0 Å². The molecule has 5 nitrogen and oxygen atoms in total. The van der Waals surface area contributed by atoms with Gasteiger partial charge in [-0.1, -0.05) is 18.2 Å². The van der Waals surface area contributed by atoms with E-state index in [4.69, 9.17) is 5.11 Å². The van der Waals surface area contributed by atoms with Crippen LogP contribution in [-0.2, 0) is 11.2 Å². The Morgan fingerprint density at radius 3 is 2.50 bits per heavy atom. The number of carbonyl (C=O) groups excluding carboxylic acids is 1. The fraction of sp³-hybridized carbons (Fsp3) is 0.467. The van der Waals surface area contributed by atoms with Crippen molar-refractivity contribution in [3.8, 4) is 0 Å². The Hall–Kier alpha value is -1.88. The third-order valence-corrected chi connectivity index (χ3v) is 3.40. The van der Waals surface area contributed by atoms with Crippen molar-refractivity contribution in [1.82, 2.24) is 10.6 Å². The van der Waals surface area contributed by atoms with Gasteiger partial charge in [-0.2, -0.15) is 0 Å². The van der Waals surface area contributed by atoms with Crippen LogP contribution in [0.1, 0.15) is 29.8 Å². The number of hydrogen-bond acceptors (Lipinski definition) is 3. The Labute approximate surface area is 119 Å². The van der Waals surface area contributed by atoms with Crippen molar-refractivity contribution in [2.24, 2.45) is 5.92 Å². The molecular formula is C15H22N2O3. The third kappa shape index (κ3) is 4.35. The average molecular weight is 278 g/mol. The van der Waals surface area contributed by atoms with Gasteiger partial charge in [-0.25, -0.2) is 0 Å². The van der Waals surface area contributed by atoms with Crippen molar-refractivity contribution >= 4 is 11.9 Å². The molecule has 1 amide bonds. The van der Waals surface area contributed by atoms with Gasteiger partial charge in [-0.05, 0) is 45.5 Å². The second-order valence-corrected chi connectivity index (χ2v) is 4.90. The molecule has 0 aliphatic rings. The van der Waals surface area contributed by atoms with Gasteiger partial charge in [-0.3, -0.25) is 9.59 Å². The lowest BCUT2D eigenvalue weighted by Gasteiger charge is -2.18. The molecule has 3 N–H and O–H groups in total. The molecule has 1 aromatic carbocycles. The zero-order valence-corrected chi connectivity index (χ0v) is 12.1. The molecule has 0 saturated heterocycles. The predicted molar refractivity (Wildman–Crippen MR) is 77.8 cm³/mol. The van der Waals surface area contributed by atoms with Crippen LogP contribution in [0.3, 0.4) is 0 Å². The summed E-state index contributed by atoms with van der Waals surface area (Å²) in [7, 11) is 1.86. The minimum atomic E-state index is -0.915. The second kappa shape index (κ2) is 7.65. The number of hydrogen-bond donors (Lipinski definition) is 3. The van der Waals surface area contributed by atoms with Gasteiger partial charge < -0.3 is 15.7 Å². The normalized spacial score (nSPS) is 13.6. The van der Waals surface area contributed by atoms with Crippen LogP contribution in [0.25, 0.3) is 0 Å². The molecule has 20 heavy (non-hydrogen) atoms. The summed E-state index contributed by atoms with van der Waals surface area (Å²) in [5.74, 6) is -1.76. The summed E-state index contributed by atoms with van der Waals surface area (Å²) in [5, 5.41) is 14.7. The molecule has 0 bridgehead atoms. The number of likely N-dealkylation sites (N-methyl/N-ethyl adjacent to an activating group) is 1. The van der Waals surface area contributed by atoms with Gasteiger partial charge in [0.2, 0.25) is 0 Å². The molecule has 1 aromatic rings. The Morgan fingerprint density at radius 2 is 1.90 bits per heavy atom. The van der Waals surface area contributed by atoms with Crippen LogP contribution in [0, 0.1) is 5.92 Å². The first-order valence-corrected chi connectivity index (χ1v) is 6.73. The van der Waals surface area contributed by atoms with Crippen molar-refractivity contribution in [3.63, 3.8) is 0 Å².